The summed E-state index contributed by atoms with van der Waals surface area (Å²) in [5, 5.41) is 0. The molecule has 0 bridgehead atoms. The lowest BCUT2D eigenvalue weighted by molar-refractivity contribution is 0.777. The quantitative estimate of drug-likeness (QED) is 0.849. The summed E-state index contributed by atoms with van der Waals surface area (Å²) >= 11 is 1.54. The van der Waals surface area contributed by atoms with E-state index in [1.54, 1.807) is 0 Å². The molecule has 0 saturated carbocycles. The van der Waals surface area contributed by atoms with Crippen molar-refractivity contribution >= 4 is 21.6 Å². The van der Waals surface area contributed by atoms with Gasteiger partial charge in [0.15, 0.2) is 0 Å². The topological polar surface area (TPSA) is 45.8 Å². The Balaban J connectivity index is 2.70. The molecule has 2 aromatic rings. The molecule has 0 radical (unpaired) electrons. The number of aromatic nitrogens is 2. The molecule has 0 fully saturated rings. The molecular formula is C11H14N2OS. The summed E-state index contributed by atoms with van der Waals surface area (Å²) in [6, 6.07) is 2.02. The van der Waals surface area contributed by atoms with Gasteiger partial charge in [0, 0.05) is 10.8 Å². The van der Waals surface area contributed by atoms with Crippen LogP contribution in [0.25, 0.3) is 10.2 Å². The molecule has 0 spiro atoms. The zero-order chi connectivity index (χ0) is 11.0. The molecule has 0 atom stereocenters. The van der Waals surface area contributed by atoms with Gasteiger partial charge in [0.2, 0.25) is 0 Å². The number of fused-ring (bicyclic) bond motifs is 1. The number of thiophene rings is 1. The van der Waals surface area contributed by atoms with Gasteiger partial charge in [0.25, 0.3) is 5.56 Å². The van der Waals surface area contributed by atoms with Crippen LogP contribution in [0.1, 0.15) is 37.4 Å². The Morgan fingerprint density at radius 2 is 2.27 bits per heavy atom. The van der Waals surface area contributed by atoms with Gasteiger partial charge in [-0.3, -0.25) is 4.79 Å². The minimum Gasteiger partial charge on any atom is -0.309 e. The zero-order valence-corrected chi connectivity index (χ0v) is 9.94. The third kappa shape index (κ3) is 1.81. The highest BCUT2D eigenvalue weighted by Gasteiger charge is 2.09. The Hall–Kier alpha value is -1.16. The number of rotatable bonds is 2. The standard InChI is InChI=1S/C11H14N2OS/c1-4-7-5-8-9(15-7)11(14)13-10(12-8)6(2)3/h5-6H,4H2,1-3H3,(H,12,13,14). The SMILES string of the molecule is CCc1cc2nc(C(C)C)[nH]c(=O)c2s1. The lowest BCUT2D eigenvalue weighted by atomic mass is 10.2. The number of nitrogens with zero attached hydrogens (tertiary/aromatic N) is 1. The molecule has 3 nitrogen and oxygen atoms in total. The lowest BCUT2D eigenvalue weighted by Crippen LogP contribution is -2.11. The second-order valence-corrected chi connectivity index (χ2v) is 5.02. The van der Waals surface area contributed by atoms with Crippen LogP contribution in [0.2, 0.25) is 0 Å². The van der Waals surface area contributed by atoms with Crippen molar-refractivity contribution in [1.29, 1.82) is 0 Å². The van der Waals surface area contributed by atoms with E-state index in [2.05, 4.69) is 16.9 Å². The first-order valence-electron chi connectivity index (χ1n) is 5.14. The van der Waals surface area contributed by atoms with Crippen molar-refractivity contribution in [3.05, 3.63) is 27.1 Å². The van der Waals surface area contributed by atoms with Gasteiger partial charge in [-0.15, -0.1) is 11.3 Å². The van der Waals surface area contributed by atoms with Gasteiger partial charge in [0.1, 0.15) is 10.5 Å². The number of hydrogen-bond donors (Lipinski definition) is 1. The highest BCUT2D eigenvalue weighted by atomic mass is 32.1. The first-order chi connectivity index (χ1) is 7.11. The van der Waals surface area contributed by atoms with E-state index >= 15 is 0 Å². The molecule has 1 N–H and O–H groups in total. The average molecular weight is 222 g/mol. The summed E-state index contributed by atoms with van der Waals surface area (Å²) in [5.74, 6) is 1.03. The molecule has 0 aliphatic heterocycles. The van der Waals surface area contributed by atoms with Gasteiger partial charge >= 0.3 is 0 Å². The largest absolute Gasteiger partial charge is 0.309 e. The summed E-state index contributed by atoms with van der Waals surface area (Å²) in [7, 11) is 0. The summed E-state index contributed by atoms with van der Waals surface area (Å²) in [6.45, 7) is 6.14. The van der Waals surface area contributed by atoms with Gasteiger partial charge in [-0.1, -0.05) is 20.8 Å². The van der Waals surface area contributed by atoms with Crippen LogP contribution in [0.5, 0.6) is 0 Å². The fourth-order valence-electron chi connectivity index (χ4n) is 1.46. The van der Waals surface area contributed by atoms with Crippen LogP contribution in [-0.2, 0) is 6.42 Å². The molecule has 2 heterocycles. The van der Waals surface area contributed by atoms with E-state index in [1.165, 1.54) is 16.2 Å². The van der Waals surface area contributed by atoms with Gasteiger partial charge in [-0.25, -0.2) is 4.98 Å². The molecule has 80 valence electrons. The van der Waals surface area contributed by atoms with Crippen LogP contribution in [-0.4, -0.2) is 9.97 Å². The van der Waals surface area contributed by atoms with Crippen LogP contribution >= 0.6 is 11.3 Å². The number of nitrogens with one attached hydrogen (secondary N) is 1. The van der Waals surface area contributed by atoms with Gasteiger partial charge in [-0.05, 0) is 12.5 Å². The van der Waals surface area contributed by atoms with E-state index in [1.807, 2.05) is 19.9 Å². The third-order valence-electron chi connectivity index (χ3n) is 2.35. The Bertz CT molecular complexity index is 539. The molecule has 0 amide bonds. The van der Waals surface area contributed by atoms with Crippen LogP contribution < -0.4 is 5.56 Å². The predicted molar refractivity (Wildman–Crippen MR) is 63.7 cm³/mol. The normalized spacial score (nSPS) is 11.5. The second-order valence-electron chi connectivity index (χ2n) is 3.89. The van der Waals surface area contributed by atoms with Gasteiger partial charge < -0.3 is 4.98 Å². The monoisotopic (exact) mass is 222 g/mol. The molecule has 0 aliphatic rings. The summed E-state index contributed by atoms with van der Waals surface area (Å²) in [6.07, 6.45) is 0.956. The van der Waals surface area contributed by atoms with Crippen molar-refractivity contribution < 1.29 is 0 Å². The number of H-pyrrole nitrogens is 1. The summed E-state index contributed by atoms with van der Waals surface area (Å²) < 4.78 is 0.747. The Kier molecular flexibility index (Phi) is 2.61. The van der Waals surface area contributed by atoms with E-state index in [9.17, 15) is 4.79 Å². The fraction of sp³-hybridized carbons (Fsp3) is 0.455. The maximum Gasteiger partial charge on any atom is 0.268 e. The van der Waals surface area contributed by atoms with E-state index in [0.29, 0.717) is 0 Å². The fourth-order valence-corrected chi connectivity index (χ4v) is 2.39. The molecule has 0 saturated heterocycles. The number of aryl methyl sites for hydroxylation is 1. The first kappa shape index (κ1) is 10.4. The first-order valence-corrected chi connectivity index (χ1v) is 5.96. The van der Waals surface area contributed by atoms with Crippen LogP contribution in [0.15, 0.2) is 10.9 Å². The summed E-state index contributed by atoms with van der Waals surface area (Å²) in [4.78, 5) is 20.2. The van der Waals surface area contributed by atoms with Gasteiger partial charge in [-0.2, -0.15) is 0 Å². The Labute approximate surface area is 92.2 Å². The molecule has 15 heavy (non-hydrogen) atoms. The predicted octanol–water partition coefficient (Wildman–Crippen LogP) is 2.67. The third-order valence-corrected chi connectivity index (χ3v) is 3.61. The maximum absolute atomic E-state index is 11.7. The molecule has 0 unspecified atom stereocenters. The Morgan fingerprint density at radius 1 is 1.53 bits per heavy atom. The second kappa shape index (κ2) is 3.77. The smallest absolute Gasteiger partial charge is 0.268 e. The highest BCUT2D eigenvalue weighted by Crippen LogP contribution is 2.22. The lowest BCUT2D eigenvalue weighted by Gasteiger charge is -2.02. The van der Waals surface area contributed by atoms with Crippen LogP contribution in [0.3, 0.4) is 0 Å². The Morgan fingerprint density at radius 3 is 2.87 bits per heavy atom. The number of hydrogen-bond acceptors (Lipinski definition) is 3. The van der Waals surface area contributed by atoms with E-state index in [-0.39, 0.29) is 11.5 Å². The van der Waals surface area contributed by atoms with Crippen molar-refractivity contribution in [3.8, 4) is 0 Å². The zero-order valence-electron chi connectivity index (χ0n) is 9.13. The van der Waals surface area contributed by atoms with Crippen molar-refractivity contribution in [3.63, 3.8) is 0 Å². The maximum atomic E-state index is 11.7. The average Bonchev–Trinajstić information content (AvgIpc) is 2.61. The highest BCUT2D eigenvalue weighted by molar-refractivity contribution is 7.18. The minimum atomic E-state index is -0.00611. The molecular weight excluding hydrogens is 208 g/mol. The molecule has 0 aliphatic carbocycles. The van der Waals surface area contributed by atoms with Crippen LogP contribution in [0, 0.1) is 0 Å². The van der Waals surface area contributed by atoms with Crippen molar-refractivity contribution in [2.45, 2.75) is 33.1 Å². The molecule has 4 heteroatoms. The van der Waals surface area contributed by atoms with Crippen molar-refractivity contribution in [1.82, 2.24) is 9.97 Å². The van der Waals surface area contributed by atoms with Crippen molar-refractivity contribution in [2.24, 2.45) is 0 Å². The number of aromatic amines is 1. The molecule has 2 rings (SSSR count). The minimum absolute atomic E-state index is 0.00611. The van der Waals surface area contributed by atoms with Gasteiger partial charge in [0.05, 0.1) is 5.52 Å². The van der Waals surface area contributed by atoms with E-state index in [0.717, 1.165) is 22.5 Å². The van der Waals surface area contributed by atoms with E-state index in [4.69, 9.17) is 0 Å². The van der Waals surface area contributed by atoms with Crippen LogP contribution in [0.4, 0.5) is 0 Å². The molecule has 2 aromatic heterocycles. The van der Waals surface area contributed by atoms with E-state index < -0.39 is 0 Å². The molecule has 0 aromatic carbocycles. The van der Waals surface area contributed by atoms with Crippen molar-refractivity contribution in [2.75, 3.05) is 0 Å². The summed E-state index contributed by atoms with van der Waals surface area (Å²) in [5.41, 5.74) is 0.831.